The van der Waals surface area contributed by atoms with Crippen molar-refractivity contribution in [2.75, 3.05) is 19.1 Å². The van der Waals surface area contributed by atoms with Crippen LogP contribution in [0.1, 0.15) is 12.0 Å². The maximum Gasteiger partial charge on any atom is 0.408 e. The highest BCUT2D eigenvalue weighted by Gasteiger charge is 2.22. The predicted octanol–water partition coefficient (Wildman–Crippen LogP) is 1.22. The molecule has 0 aliphatic heterocycles. The molecule has 0 aliphatic carbocycles. The van der Waals surface area contributed by atoms with Crippen LogP contribution in [0.5, 0.6) is 0 Å². The van der Waals surface area contributed by atoms with Crippen molar-refractivity contribution in [1.82, 2.24) is 5.32 Å². The Morgan fingerprint density at radius 1 is 1.29 bits per heavy atom. The van der Waals surface area contributed by atoms with E-state index in [2.05, 4.69) is 10.1 Å². The molecule has 0 heterocycles. The summed E-state index contributed by atoms with van der Waals surface area (Å²) in [6.07, 6.45) is 1.05. The lowest BCUT2D eigenvalue weighted by atomic mass is 10.2. The topological polar surface area (TPSA) is 81.7 Å². The van der Waals surface area contributed by atoms with Crippen LogP contribution in [0.3, 0.4) is 0 Å². The zero-order valence-corrected chi connectivity index (χ0v) is 12.9. The van der Waals surface area contributed by atoms with Gasteiger partial charge in [-0.3, -0.25) is 4.21 Å². The highest BCUT2D eigenvalue weighted by Crippen LogP contribution is 2.02. The van der Waals surface area contributed by atoms with Crippen molar-refractivity contribution in [3.8, 4) is 0 Å². The van der Waals surface area contributed by atoms with E-state index in [1.54, 1.807) is 0 Å². The molecule has 2 atom stereocenters. The number of esters is 1. The summed E-state index contributed by atoms with van der Waals surface area (Å²) in [5.41, 5.74) is 0.844. The average Bonchev–Trinajstić information content (AvgIpc) is 2.49. The van der Waals surface area contributed by atoms with Gasteiger partial charge < -0.3 is 14.8 Å². The fourth-order valence-electron chi connectivity index (χ4n) is 1.58. The number of rotatable bonds is 7. The van der Waals surface area contributed by atoms with Gasteiger partial charge in [0.2, 0.25) is 0 Å². The number of carbonyl (C=O) groups excluding carboxylic acids is 2. The standard InChI is InChI=1S/C14H19NO5S/c1-19-13(16)12(8-9-21(2)18)15-14(17)20-10-11-6-4-3-5-7-11/h3-7,12H,8-10H2,1-2H3,(H,15,17)/t12-,21?/m1/s1. The van der Waals surface area contributed by atoms with Gasteiger partial charge in [0.15, 0.2) is 0 Å². The Bertz CT molecular complexity index is 491. The lowest BCUT2D eigenvalue weighted by molar-refractivity contribution is -0.143. The predicted molar refractivity (Wildman–Crippen MR) is 79.1 cm³/mol. The average molecular weight is 313 g/mol. The molecule has 1 N–H and O–H groups in total. The van der Waals surface area contributed by atoms with Crippen LogP contribution in [-0.4, -0.2) is 41.4 Å². The van der Waals surface area contributed by atoms with Crippen molar-refractivity contribution in [1.29, 1.82) is 0 Å². The second-order valence-electron chi connectivity index (χ2n) is 4.35. The molecule has 1 rings (SSSR count). The van der Waals surface area contributed by atoms with Crippen molar-refractivity contribution < 1.29 is 23.3 Å². The summed E-state index contributed by atoms with van der Waals surface area (Å²) in [5.74, 6) is -0.296. The molecule has 0 bridgehead atoms. The summed E-state index contributed by atoms with van der Waals surface area (Å²) in [6.45, 7) is 0.111. The van der Waals surface area contributed by atoms with Crippen molar-refractivity contribution in [3.05, 3.63) is 35.9 Å². The van der Waals surface area contributed by atoms with Gasteiger partial charge >= 0.3 is 12.1 Å². The molecule has 0 radical (unpaired) electrons. The first-order valence-corrected chi connectivity index (χ1v) is 8.10. The number of amides is 1. The highest BCUT2D eigenvalue weighted by atomic mass is 32.2. The Labute approximate surface area is 126 Å². The number of methoxy groups -OCH3 is 1. The Balaban J connectivity index is 2.47. The molecule has 0 aromatic heterocycles. The van der Waals surface area contributed by atoms with Crippen LogP contribution >= 0.6 is 0 Å². The van der Waals surface area contributed by atoms with E-state index in [9.17, 15) is 13.8 Å². The van der Waals surface area contributed by atoms with E-state index < -0.39 is 28.9 Å². The third-order valence-electron chi connectivity index (χ3n) is 2.68. The minimum atomic E-state index is -1.05. The van der Waals surface area contributed by atoms with E-state index in [1.165, 1.54) is 13.4 Å². The SMILES string of the molecule is COC(=O)[C@@H](CCS(C)=O)NC(=O)OCc1ccccc1. The molecular weight excluding hydrogens is 294 g/mol. The quantitative estimate of drug-likeness (QED) is 0.766. The van der Waals surface area contributed by atoms with E-state index >= 15 is 0 Å². The van der Waals surface area contributed by atoms with Gasteiger partial charge in [-0.2, -0.15) is 0 Å². The first kappa shape index (κ1) is 17.2. The summed E-state index contributed by atoms with van der Waals surface area (Å²) in [6, 6.07) is 8.33. The molecule has 1 aromatic rings. The zero-order chi connectivity index (χ0) is 15.7. The summed E-state index contributed by atoms with van der Waals surface area (Å²) in [4.78, 5) is 23.2. The van der Waals surface area contributed by atoms with Crippen molar-refractivity contribution in [3.63, 3.8) is 0 Å². The molecule has 0 fully saturated rings. The maximum atomic E-state index is 11.7. The Hall–Kier alpha value is -1.89. The van der Waals surface area contributed by atoms with E-state index in [1.807, 2.05) is 30.3 Å². The smallest absolute Gasteiger partial charge is 0.408 e. The van der Waals surface area contributed by atoms with Crippen LogP contribution in [0.25, 0.3) is 0 Å². The first-order valence-electron chi connectivity index (χ1n) is 6.38. The Morgan fingerprint density at radius 2 is 1.95 bits per heavy atom. The van der Waals surface area contributed by atoms with Gasteiger partial charge in [0.1, 0.15) is 12.6 Å². The van der Waals surface area contributed by atoms with Crippen molar-refractivity contribution >= 4 is 22.9 Å². The van der Waals surface area contributed by atoms with E-state index in [4.69, 9.17) is 4.74 Å². The maximum absolute atomic E-state index is 11.7. The summed E-state index contributed by atoms with van der Waals surface area (Å²) in [5, 5.41) is 2.42. The summed E-state index contributed by atoms with van der Waals surface area (Å²) in [7, 11) is 0.179. The van der Waals surface area contributed by atoms with Crippen LogP contribution in [0.4, 0.5) is 4.79 Å². The van der Waals surface area contributed by atoms with Crippen LogP contribution in [-0.2, 0) is 31.7 Å². The number of hydrogen-bond acceptors (Lipinski definition) is 5. The van der Waals surface area contributed by atoms with Crippen LogP contribution in [0.15, 0.2) is 30.3 Å². The van der Waals surface area contributed by atoms with Gasteiger partial charge in [-0.15, -0.1) is 0 Å². The van der Waals surface area contributed by atoms with Gasteiger partial charge in [0, 0.05) is 22.8 Å². The van der Waals surface area contributed by atoms with Gasteiger partial charge in [-0.1, -0.05) is 30.3 Å². The van der Waals surface area contributed by atoms with Gasteiger partial charge in [-0.05, 0) is 12.0 Å². The molecule has 1 aromatic carbocycles. The molecule has 0 saturated heterocycles. The monoisotopic (exact) mass is 313 g/mol. The molecular formula is C14H19NO5S. The molecule has 1 unspecified atom stereocenters. The largest absolute Gasteiger partial charge is 0.467 e. The number of nitrogens with one attached hydrogen (secondary N) is 1. The third-order valence-corrected chi connectivity index (χ3v) is 3.50. The zero-order valence-electron chi connectivity index (χ0n) is 12.0. The van der Waals surface area contributed by atoms with Gasteiger partial charge in [-0.25, -0.2) is 9.59 Å². The number of hydrogen-bond donors (Lipinski definition) is 1. The highest BCUT2D eigenvalue weighted by molar-refractivity contribution is 7.84. The molecule has 7 heteroatoms. The lowest BCUT2D eigenvalue weighted by Crippen LogP contribution is -2.42. The number of carbonyl (C=O) groups is 2. The Morgan fingerprint density at radius 3 is 2.52 bits per heavy atom. The van der Waals surface area contributed by atoms with E-state index in [-0.39, 0.29) is 13.0 Å². The fourth-order valence-corrected chi connectivity index (χ4v) is 2.15. The van der Waals surface area contributed by atoms with Crippen LogP contribution in [0.2, 0.25) is 0 Å². The molecule has 21 heavy (non-hydrogen) atoms. The second kappa shape index (κ2) is 9.12. The summed E-state index contributed by atoms with van der Waals surface area (Å²) < 4.78 is 20.7. The van der Waals surface area contributed by atoms with Crippen LogP contribution in [0, 0.1) is 0 Å². The molecule has 116 valence electrons. The molecule has 0 saturated carbocycles. The summed E-state index contributed by atoms with van der Waals surface area (Å²) >= 11 is 0. The van der Waals surface area contributed by atoms with E-state index in [0.29, 0.717) is 5.75 Å². The van der Waals surface area contributed by atoms with Crippen LogP contribution < -0.4 is 5.32 Å². The lowest BCUT2D eigenvalue weighted by Gasteiger charge is -2.15. The first-order chi connectivity index (χ1) is 10.0. The number of ether oxygens (including phenoxy) is 2. The Kier molecular flexibility index (Phi) is 7.45. The van der Waals surface area contributed by atoms with Gasteiger partial charge in [0.05, 0.1) is 7.11 Å². The number of alkyl carbamates (subject to hydrolysis) is 1. The second-order valence-corrected chi connectivity index (χ2v) is 5.90. The molecule has 0 aliphatic rings. The third kappa shape index (κ3) is 6.89. The van der Waals surface area contributed by atoms with Crippen molar-refractivity contribution in [2.45, 2.75) is 19.1 Å². The minimum absolute atomic E-state index is 0.111. The molecule has 1 amide bonds. The molecule has 0 spiro atoms. The molecule has 6 nitrogen and oxygen atoms in total. The fraction of sp³-hybridized carbons (Fsp3) is 0.429. The van der Waals surface area contributed by atoms with Gasteiger partial charge in [0.25, 0.3) is 0 Å². The van der Waals surface area contributed by atoms with E-state index in [0.717, 1.165) is 5.56 Å². The normalized spacial score (nSPS) is 13.0. The van der Waals surface area contributed by atoms with Crippen molar-refractivity contribution in [2.24, 2.45) is 0 Å². The minimum Gasteiger partial charge on any atom is -0.467 e. The number of benzene rings is 1.